The summed E-state index contributed by atoms with van der Waals surface area (Å²) >= 11 is 0. The van der Waals surface area contributed by atoms with Crippen molar-refractivity contribution in [2.45, 2.75) is 32.7 Å². The van der Waals surface area contributed by atoms with Crippen molar-refractivity contribution in [1.82, 2.24) is 9.80 Å². The molecule has 0 spiro atoms. The lowest BCUT2D eigenvalue weighted by atomic mass is 10.2. The molecule has 98 valence electrons. The molecule has 0 aliphatic carbocycles. The fourth-order valence-electron chi connectivity index (χ4n) is 1.43. The molecular formula is C12H23N3O2. The van der Waals surface area contributed by atoms with Gasteiger partial charge in [0, 0.05) is 32.8 Å². The summed E-state index contributed by atoms with van der Waals surface area (Å²) in [5, 5.41) is 17.3. The van der Waals surface area contributed by atoms with Crippen LogP contribution in [0.15, 0.2) is 0 Å². The van der Waals surface area contributed by atoms with Crippen LogP contribution in [-0.4, -0.2) is 60.1 Å². The number of hydrogen-bond acceptors (Lipinski definition) is 4. The summed E-state index contributed by atoms with van der Waals surface area (Å²) in [5.74, 6) is 0.0203. The second-order valence-electron chi connectivity index (χ2n) is 4.36. The number of carbonyl (C=O) groups is 1. The van der Waals surface area contributed by atoms with Crippen LogP contribution in [0.4, 0.5) is 0 Å². The van der Waals surface area contributed by atoms with E-state index >= 15 is 0 Å². The zero-order valence-corrected chi connectivity index (χ0v) is 11.0. The minimum atomic E-state index is 0.0203. The second kappa shape index (κ2) is 8.97. The molecule has 0 bridgehead atoms. The Morgan fingerprint density at radius 1 is 1.41 bits per heavy atom. The minimum absolute atomic E-state index is 0.0203. The lowest BCUT2D eigenvalue weighted by molar-refractivity contribution is -0.131. The number of hydrogen-bond donors (Lipinski definition) is 1. The van der Waals surface area contributed by atoms with E-state index in [0.29, 0.717) is 32.5 Å². The smallest absolute Gasteiger partial charge is 0.236 e. The Morgan fingerprint density at radius 2 is 2.06 bits per heavy atom. The van der Waals surface area contributed by atoms with Gasteiger partial charge >= 0.3 is 0 Å². The van der Waals surface area contributed by atoms with E-state index in [0.717, 1.165) is 0 Å². The molecule has 0 saturated carbocycles. The van der Waals surface area contributed by atoms with Gasteiger partial charge in [-0.2, -0.15) is 5.26 Å². The van der Waals surface area contributed by atoms with Crippen molar-refractivity contribution < 1.29 is 9.90 Å². The van der Waals surface area contributed by atoms with E-state index in [1.807, 2.05) is 24.8 Å². The standard InChI is InChI=1S/C12H23N3O2/c1-11(2)15(8-5-9-16)10-12(17)14(3)7-4-6-13/h11,16H,4-5,7-10H2,1-3H3. The molecule has 1 amide bonds. The normalized spacial score (nSPS) is 10.6. The number of amides is 1. The molecule has 0 unspecified atom stereocenters. The van der Waals surface area contributed by atoms with Crippen molar-refractivity contribution in [2.24, 2.45) is 0 Å². The predicted molar refractivity (Wildman–Crippen MR) is 66.3 cm³/mol. The maximum absolute atomic E-state index is 11.8. The van der Waals surface area contributed by atoms with Crippen LogP contribution in [0.25, 0.3) is 0 Å². The van der Waals surface area contributed by atoms with Crippen LogP contribution < -0.4 is 0 Å². The molecule has 0 aromatic heterocycles. The number of rotatable bonds is 8. The van der Waals surface area contributed by atoms with Gasteiger partial charge in [0.1, 0.15) is 0 Å². The van der Waals surface area contributed by atoms with E-state index in [1.54, 1.807) is 11.9 Å². The highest BCUT2D eigenvalue weighted by Gasteiger charge is 2.16. The lowest BCUT2D eigenvalue weighted by Crippen LogP contribution is -2.42. The van der Waals surface area contributed by atoms with Crippen LogP contribution in [0.1, 0.15) is 26.7 Å². The number of likely N-dealkylation sites (N-methyl/N-ethyl adjacent to an activating group) is 1. The molecule has 0 heterocycles. The first kappa shape index (κ1) is 15.9. The average molecular weight is 241 g/mol. The molecule has 1 N–H and O–H groups in total. The number of nitrogens with zero attached hydrogens (tertiary/aromatic N) is 3. The first-order valence-electron chi connectivity index (χ1n) is 5.98. The first-order chi connectivity index (χ1) is 8.02. The Labute approximate surface area is 104 Å². The topological polar surface area (TPSA) is 67.6 Å². The molecule has 17 heavy (non-hydrogen) atoms. The molecule has 5 nitrogen and oxygen atoms in total. The molecule has 0 radical (unpaired) electrons. The zero-order valence-electron chi connectivity index (χ0n) is 11.0. The van der Waals surface area contributed by atoms with Gasteiger partial charge in [0.05, 0.1) is 19.0 Å². The SMILES string of the molecule is CC(C)N(CCCO)CC(=O)N(C)CCC#N. The van der Waals surface area contributed by atoms with Gasteiger partial charge in [-0.15, -0.1) is 0 Å². The Bertz CT molecular complexity index is 261. The number of aliphatic hydroxyl groups excluding tert-OH is 1. The van der Waals surface area contributed by atoms with Crippen LogP contribution in [0.3, 0.4) is 0 Å². The maximum Gasteiger partial charge on any atom is 0.236 e. The summed E-state index contributed by atoms with van der Waals surface area (Å²) in [6.07, 6.45) is 1.04. The fourth-order valence-corrected chi connectivity index (χ4v) is 1.43. The predicted octanol–water partition coefficient (Wildman–Crippen LogP) is 0.451. The third kappa shape index (κ3) is 6.93. The Balaban J connectivity index is 4.15. The molecular weight excluding hydrogens is 218 g/mol. The summed E-state index contributed by atoms with van der Waals surface area (Å²) in [4.78, 5) is 15.4. The van der Waals surface area contributed by atoms with E-state index in [9.17, 15) is 4.79 Å². The molecule has 0 fully saturated rings. The van der Waals surface area contributed by atoms with Crippen molar-refractivity contribution in [3.05, 3.63) is 0 Å². The maximum atomic E-state index is 11.8. The Kier molecular flexibility index (Phi) is 8.38. The number of nitriles is 1. The minimum Gasteiger partial charge on any atom is -0.396 e. The first-order valence-corrected chi connectivity index (χ1v) is 5.98. The molecule has 0 atom stereocenters. The van der Waals surface area contributed by atoms with Crippen LogP contribution in [-0.2, 0) is 4.79 Å². The van der Waals surface area contributed by atoms with Crippen molar-refractivity contribution in [3.63, 3.8) is 0 Å². The van der Waals surface area contributed by atoms with Crippen molar-refractivity contribution in [2.75, 3.05) is 33.3 Å². The lowest BCUT2D eigenvalue weighted by Gasteiger charge is -2.27. The fraction of sp³-hybridized carbons (Fsp3) is 0.833. The highest BCUT2D eigenvalue weighted by Crippen LogP contribution is 2.01. The van der Waals surface area contributed by atoms with Crippen LogP contribution in [0.2, 0.25) is 0 Å². The molecule has 0 saturated heterocycles. The monoisotopic (exact) mass is 241 g/mol. The van der Waals surface area contributed by atoms with Gasteiger partial charge < -0.3 is 10.0 Å². The molecule has 5 heteroatoms. The van der Waals surface area contributed by atoms with Crippen molar-refractivity contribution in [1.29, 1.82) is 5.26 Å². The summed E-state index contributed by atoms with van der Waals surface area (Å²) in [6.45, 7) is 5.73. The summed E-state index contributed by atoms with van der Waals surface area (Å²) in [7, 11) is 1.71. The highest BCUT2D eigenvalue weighted by atomic mass is 16.3. The van der Waals surface area contributed by atoms with Crippen LogP contribution in [0.5, 0.6) is 0 Å². The molecule has 0 aliphatic rings. The zero-order chi connectivity index (χ0) is 13.3. The third-order valence-corrected chi connectivity index (χ3v) is 2.66. The molecule has 0 aromatic rings. The Hall–Kier alpha value is -1.12. The van der Waals surface area contributed by atoms with Crippen molar-refractivity contribution >= 4 is 5.91 Å². The van der Waals surface area contributed by atoms with Crippen molar-refractivity contribution in [3.8, 4) is 6.07 Å². The van der Waals surface area contributed by atoms with Gasteiger partial charge in [0.25, 0.3) is 0 Å². The molecule has 0 rings (SSSR count). The number of carbonyl (C=O) groups excluding carboxylic acids is 1. The van der Waals surface area contributed by atoms with E-state index < -0.39 is 0 Å². The molecule has 0 aliphatic heterocycles. The average Bonchev–Trinajstić information content (AvgIpc) is 2.30. The Morgan fingerprint density at radius 3 is 2.53 bits per heavy atom. The van der Waals surface area contributed by atoms with Gasteiger partial charge in [-0.25, -0.2) is 0 Å². The highest BCUT2D eigenvalue weighted by molar-refractivity contribution is 5.78. The second-order valence-corrected chi connectivity index (χ2v) is 4.36. The largest absolute Gasteiger partial charge is 0.396 e. The summed E-state index contributed by atoms with van der Waals surface area (Å²) in [5.41, 5.74) is 0. The van der Waals surface area contributed by atoms with E-state index in [2.05, 4.69) is 0 Å². The van der Waals surface area contributed by atoms with Gasteiger partial charge in [0.15, 0.2) is 0 Å². The van der Waals surface area contributed by atoms with E-state index in [4.69, 9.17) is 10.4 Å². The van der Waals surface area contributed by atoms with Gasteiger partial charge in [-0.05, 0) is 20.3 Å². The summed E-state index contributed by atoms with van der Waals surface area (Å²) < 4.78 is 0. The van der Waals surface area contributed by atoms with E-state index in [1.165, 1.54) is 0 Å². The van der Waals surface area contributed by atoms with Crippen LogP contribution in [0, 0.1) is 11.3 Å². The van der Waals surface area contributed by atoms with Gasteiger partial charge in [0.2, 0.25) is 5.91 Å². The van der Waals surface area contributed by atoms with Crippen LogP contribution >= 0.6 is 0 Å². The van der Waals surface area contributed by atoms with Gasteiger partial charge in [-0.1, -0.05) is 0 Å². The molecule has 0 aromatic carbocycles. The quantitative estimate of drug-likeness (QED) is 0.670. The summed E-state index contributed by atoms with van der Waals surface area (Å²) in [6, 6.07) is 2.30. The third-order valence-electron chi connectivity index (χ3n) is 2.66. The number of aliphatic hydroxyl groups is 1. The van der Waals surface area contributed by atoms with E-state index in [-0.39, 0.29) is 18.6 Å². The van der Waals surface area contributed by atoms with Gasteiger partial charge in [-0.3, -0.25) is 9.69 Å².